The van der Waals surface area contributed by atoms with Gasteiger partial charge in [0.05, 0.1) is 12.0 Å². The van der Waals surface area contributed by atoms with Crippen LogP contribution in [0.3, 0.4) is 0 Å². The average molecular weight is 445 g/mol. The highest BCUT2D eigenvalue weighted by atomic mass is 32.2. The van der Waals surface area contributed by atoms with Crippen molar-refractivity contribution in [3.63, 3.8) is 0 Å². The second-order valence-corrected chi connectivity index (χ2v) is 9.70. The molecule has 0 radical (unpaired) electrons. The summed E-state index contributed by atoms with van der Waals surface area (Å²) in [5.74, 6) is 0.206. The van der Waals surface area contributed by atoms with Gasteiger partial charge >= 0.3 is 0 Å². The second kappa shape index (κ2) is 9.83. The van der Waals surface area contributed by atoms with Gasteiger partial charge in [-0.05, 0) is 43.5 Å². The van der Waals surface area contributed by atoms with Gasteiger partial charge in [0, 0.05) is 18.8 Å². The van der Waals surface area contributed by atoms with E-state index in [1.165, 1.54) is 10.4 Å². The lowest BCUT2D eigenvalue weighted by molar-refractivity contribution is -0.121. The van der Waals surface area contributed by atoms with Crippen molar-refractivity contribution in [2.45, 2.75) is 56.8 Å². The fraction of sp³-hybridized carbons (Fsp3) is 0.458. The fourth-order valence-electron chi connectivity index (χ4n) is 4.40. The summed E-state index contributed by atoms with van der Waals surface area (Å²) in [5, 5.41) is 3.00. The summed E-state index contributed by atoms with van der Waals surface area (Å²) in [5.41, 5.74) is 0.880. The zero-order valence-corrected chi connectivity index (χ0v) is 19.4. The second-order valence-electron chi connectivity index (χ2n) is 7.79. The standard InChI is InChI=1S/C24H32N2O4S/c1-4-26(5-2)31(28,29)22-18-20(14-15-21(22)30-6-3)25-23(27)24(16-10-11-17-24)19-12-8-7-9-13-19/h7-9,12-15,18H,4-6,10-11,16-17H2,1-3H3,(H,25,27). The maximum absolute atomic E-state index is 13.5. The number of carbonyl (C=O) groups is 1. The first-order valence-corrected chi connectivity index (χ1v) is 12.5. The summed E-state index contributed by atoms with van der Waals surface area (Å²) in [7, 11) is -3.74. The van der Waals surface area contributed by atoms with Crippen molar-refractivity contribution in [3.05, 3.63) is 54.1 Å². The number of amides is 1. The van der Waals surface area contributed by atoms with Crippen molar-refractivity contribution in [1.82, 2.24) is 4.31 Å². The molecule has 1 aliphatic carbocycles. The first kappa shape index (κ1) is 23.3. The molecule has 1 amide bonds. The Labute approximate surface area is 185 Å². The Hall–Kier alpha value is -2.38. The smallest absolute Gasteiger partial charge is 0.246 e. The molecule has 7 heteroatoms. The number of nitrogens with one attached hydrogen (secondary N) is 1. The number of carbonyl (C=O) groups excluding carboxylic acids is 1. The van der Waals surface area contributed by atoms with Crippen LogP contribution in [0.2, 0.25) is 0 Å². The number of hydrogen-bond acceptors (Lipinski definition) is 4. The van der Waals surface area contributed by atoms with Crippen LogP contribution in [-0.2, 0) is 20.2 Å². The lowest BCUT2D eigenvalue weighted by atomic mass is 9.78. The minimum Gasteiger partial charge on any atom is -0.492 e. The first-order chi connectivity index (χ1) is 14.9. The average Bonchev–Trinajstić information content (AvgIpc) is 3.27. The largest absolute Gasteiger partial charge is 0.492 e. The van der Waals surface area contributed by atoms with Gasteiger partial charge in [0.25, 0.3) is 0 Å². The van der Waals surface area contributed by atoms with E-state index in [1.54, 1.807) is 26.0 Å². The van der Waals surface area contributed by atoms with E-state index in [-0.39, 0.29) is 10.8 Å². The van der Waals surface area contributed by atoms with E-state index in [1.807, 2.05) is 37.3 Å². The summed E-state index contributed by atoms with van der Waals surface area (Å²) in [4.78, 5) is 13.5. The number of rotatable bonds is 9. The van der Waals surface area contributed by atoms with E-state index < -0.39 is 15.4 Å². The van der Waals surface area contributed by atoms with Crippen molar-refractivity contribution in [3.8, 4) is 5.75 Å². The van der Waals surface area contributed by atoms with Crippen LogP contribution in [0.4, 0.5) is 5.69 Å². The molecule has 0 unspecified atom stereocenters. The van der Waals surface area contributed by atoms with Gasteiger partial charge in [-0.2, -0.15) is 4.31 Å². The maximum atomic E-state index is 13.5. The van der Waals surface area contributed by atoms with Crippen molar-refractivity contribution in [2.75, 3.05) is 25.0 Å². The van der Waals surface area contributed by atoms with Crippen molar-refractivity contribution in [1.29, 1.82) is 0 Å². The Bertz CT molecular complexity index is 995. The molecule has 0 atom stereocenters. The molecule has 1 N–H and O–H groups in total. The first-order valence-electron chi connectivity index (χ1n) is 11.0. The Balaban J connectivity index is 1.97. The van der Waals surface area contributed by atoms with Crippen LogP contribution in [0.25, 0.3) is 0 Å². The van der Waals surface area contributed by atoms with E-state index in [0.29, 0.717) is 31.1 Å². The molecule has 31 heavy (non-hydrogen) atoms. The van der Waals surface area contributed by atoms with E-state index in [2.05, 4.69) is 5.32 Å². The minimum atomic E-state index is -3.74. The molecule has 0 heterocycles. The Kier molecular flexibility index (Phi) is 7.38. The van der Waals surface area contributed by atoms with Gasteiger partial charge < -0.3 is 10.1 Å². The van der Waals surface area contributed by atoms with Crippen LogP contribution in [0.1, 0.15) is 52.0 Å². The van der Waals surface area contributed by atoms with Crippen LogP contribution in [0.5, 0.6) is 5.75 Å². The highest BCUT2D eigenvalue weighted by Crippen LogP contribution is 2.42. The van der Waals surface area contributed by atoms with Crippen LogP contribution < -0.4 is 10.1 Å². The highest BCUT2D eigenvalue weighted by Gasteiger charge is 2.42. The van der Waals surface area contributed by atoms with Gasteiger partial charge in [-0.3, -0.25) is 4.79 Å². The van der Waals surface area contributed by atoms with E-state index in [0.717, 1.165) is 31.2 Å². The Morgan fingerprint density at radius 1 is 1.03 bits per heavy atom. The lowest BCUT2D eigenvalue weighted by Crippen LogP contribution is -2.38. The predicted octanol–water partition coefficient (Wildman–Crippen LogP) is 4.57. The van der Waals surface area contributed by atoms with Crippen LogP contribution >= 0.6 is 0 Å². The zero-order chi connectivity index (χ0) is 22.5. The summed E-state index contributed by atoms with van der Waals surface area (Å²) in [6, 6.07) is 14.7. The number of nitrogens with zero attached hydrogens (tertiary/aromatic N) is 1. The molecule has 2 aromatic carbocycles. The number of hydrogen-bond donors (Lipinski definition) is 1. The molecule has 1 saturated carbocycles. The van der Waals surface area contributed by atoms with Gasteiger partial charge in [-0.25, -0.2) is 8.42 Å². The van der Waals surface area contributed by atoms with E-state index in [9.17, 15) is 13.2 Å². The summed E-state index contributed by atoms with van der Waals surface area (Å²) >= 11 is 0. The number of anilines is 1. The Morgan fingerprint density at radius 2 is 1.68 bits per heavy atom. The maximum Gasteiger partial charge on any atom is 0.246 e. The predicted molar refractivity (Wildman–Crippen MR) is 123 cm³/mol. The van der Waals surface area contributed by atoms with Crippen LogP contribution in [-0.4, -0.2) is 38.3 Å². The Morgan fingerprint density at radius 3 is 2.26 bits per heavy atom. The lowest BCUT2D eigenvalue weighted by Gasteiger charge is -2.28. The molecule has 1 aliphatic rings. The normalized spacial score (nSPS) is 15.7. The molecule has 0 bridgehead atoms. The summed E-state index contributed by atoms with van der Waals surface area (Å²) < 4.78 is 33.4. The third kappa shape index (κ3) is 4.62. The number of benzene rings is 2. The van der Waals surface area contributed by atoms with Crippen molar-refractivity contribution < 1.29 is 17.9 Å². The molecule has 6 nitrogen and oxygen atoms in total. The topological polar surface area (TPSA) is 75.7 Å². The zero-order valence-electron chi connectivity index (χ0n) is 18.6. The van der Waals surface area contributed by atoms with Crippen molar-refractivity contribution >= 4 is 21.6 Å². The molecule has 0 saturated heterocycles. The molecule has 0 spiro atoms. The molecule has 2 aromatic rings. The molecular formula is C24H32N2O4S. The minimum absolute atomic E-state index is 0.0797. The SMILES string of the molecule is CCOc1ccc(NC(=O)C2(c3ccccc3)CCCC2)cc1S(=O)(=O)N(CC)CC. The molecule has 1 fully saturated rings. The van der Waals surface area contributed by atoms with E-state index >= 15 is 0 Å². The molecule has 3 rings (SSSR count). The quantitative estimate of drug-likeness (QED) is 0.615. The van der Waals surface area contributed by atoms with Gasteiger partial charge in [0.1, 0.15) is 10.6 Å². The third-order valence-corrected chi connectivity index (χ3v) is 8.11. The van der Waals surface area contributed by atoms with Crippen molar-refractivity contribution in [2.24, 2.45) is 0 Å². The van der Waals surface area contributed by atoms with Gasteiger partial charge in [-0.15, -0.1) is 0 Å². The monoisotopic (exact) mass is 444 g/mol. The third-order valence-electron chi connectivity index (χ3n) is 6.04. The number of ether oxygens (including phenoxy) is 1. The summed E-state index contributed by atoms with van der Waals surface area (Å²) in [6.45, 7) is 6.49. The fourth-order valence-corrected chi connectivity index (χ4v) is 6.01. The van der Waals surface area contributed by atoms with Gasteiger partial charge in [0.2, 0.25) is 15.9 Å². The highest BCUT2D eigenvalue weighted by molar-refractivity contribution is 7.89. The molecule has 0 aliphatic heterocycles. The van der Waals surface area contributed by atoms with Gasteiger partial charge in [0.15, 0.2) is 0 Å². The van der Waals surface area contributed by atoms with Gasteiger partial charge in [-0.1, -0.05) is 57.0 Å². The summed E-state index contributed by atoms with van der Waals surface area (Å²) in [6.07, 6.45) is 3.55. The van der Waals surface area contributed by atoms with Crippen LogP contribution in [0.15, 0.2) is 53.4 Å². The van der Waals surface area contributed by atoms with E-state index in [4.69, 9.17) is 4.74 Å². The molecular weight excluding hydrogens is 412 g/mol. The number of sulfonamides is 1. The molecule has 168 valence electrons. The van der Waals surface area contributed by atoms with Crippen LogP contribution in [0, 0.1) is 0 Å². The molecule has 0 aromatic heterocycles.